The average Bonchev–Trinajstić information content (AvgIpc) is 2.83. The third-order valence-corrected chi connectivity index (χ3v) is 4.65. The van der Waals surface area contributed by atoms with Crippen LogP contribution < -0.4 is 5.32 Å². The molecule has 17 heavy (non-hydrogen) atoms. The van der Waals surface area contributed by atoms with Crippen molar-refractivity contribution in [3.8, 4) is 0 Å². The van der Waals surface area contributed by atoms with Crippen LogP contribution in [-0.2, 0) is 10.2 Å². The minimum absolute atomic E-state index is 0.183. The second-order valence-electron chi connectivity index (χ2n) is 5.46. The van der Waals surface area contributed by atoms with Gasteiger partial charge in [-0.25, -0.2) is 0 Å². The van der Waals surface area contributed by atoms with E-state index in [0.29, 0.717) is 6.04 Å². The van der Waals surface area contributed by atoms with E-state index in [9.17, 15) is 0 Å². The smallest absolute Gasteiger partial charge is 0.114 e. The van der Waals surface area contributed by atoms with Gasteiger partial charge in [0.1, 0.15) is 5.76 Å². The van der Waals surface area contributed by atoms with Crippen LogP contribution in [0.2, 0.25) is 0 Å². The maximum Gasteiger partial charge on any atom is 0.114 e. The summed E-state index contributed by atoms with van der Waals surface area (Å²) in [6.45, 7) is 1.69. The van der Waals surface area contributed by atoms with Crippen LogP contribution in [0, 0.1) is 5.92 Å². The standard InChI is InChI=1S/C14H21NO2/c1-15-12-6-4-11(5-7-12)14(9-16-10-14)13-3-2-8-17-13/h2-3,8,11-12,15H,4-7,9-10H2,1H3. The summed E-state index contributed by atoms with van der Waals surface area (Å²) in [5.74, 6) is 1.86. The third kappa shape index (κ3) is 1.81. The summed E-state index contributed by atoms with van der Waals surface area (Å²) in [5.41, 5.74) is 0.183. The van der Waals surface area contributed by atoms with Gasteiger partial charge in [-0.05, 0) is 50.8 Å². The molecular formula is C14H21NO2. The van der Waals surface area contributed by atoms with Gasteiger partial charge < -0.3 is 14.5 Å². The summed E-state index contributed by atoms with van der Waals surface area (Å²) in [6.07, 6.45) is 6.92. The lowest BCUT2D eigenvalue weighted by Crippen LogP contribution is -2.53. The number of ether oxygens (including phenoxy) is 1. The minimum Gasteiger partial charge on any atom is -0.469 e. The van der Waals surface area contributed by atoms with Gasteiger partial charge in [0.2, 0.25) is 0 Å². The summed E-state index contributed by atoms with van der Waals surface area (Å²) < 4.78 is 11.1. The Bertz CT molecular complexity index is 348. The van der Waals surface area contributed by atoms with E-state index in [-0.39, 0.29) is 5.41 Å². The monoisotopic (exact) mass is 235 g/mol. The number of nitrogens with one attached hydrogen (secondary N) is 1. The van der Waals surface area contributed by atoms with Crippen molar-refractivity contribution < 1.29 is 9.15 Å². The van der Waals surface area contributed by atoms with E-state index in [1.54, 1.807) is 6.26 Å². The number of rotatable bonds is 3. The Labute approximate surface area is 103 Å². The molecule has 0 atom stereocenters. The van der Waals surface area contributed by atoms with Gasteiger partial charge in [0.15, 0.2) is 0 Å². The highest BCUT2D eigenvalue weighted by Crippen LogP contribution is 2.46. The van der Waals surface area contributed by atoms with Crippen molar-refractivity contribution in [2.45, 2.75) is 37.1 Å². The summed E-state index contributed by atoms with van der Waals surface area (Å²) in [4.78, 5) is 0. The highest BCUT2D eigenvalue weighted by Gasteiger charge is 2.49. The van der Waals surface area contributed by atoms with Crippen molar-refractivity contribution in [3.05, 3.63) is 24.2 Å². The van der Waals surface area contributed by atoms with Gasteiger partial charge >= 0.3 is 0 Å². The van der Waals surface area contributed by atoms with E-state index in [1.807, 2.05) is 6.07 Å². The second kappa shape index (κ2) is 4.46. The molecule has 1 saturated carbocycles. The lowest BCUT2D eigenvalue weighted by molar-refractivity contribution is -0.108. The van der Waals surface area contributed by atoms with E-state index >= 15 is 0 Å². The fourth-order valence-corrected chi connectivity index (χ4v) is 3.40. The molecule has 2 fully saturated rings. The third-order valence-electron chi connectivity index (χ3n) is 4.65. The van der Waals surface area contributed by atoms with Crippen molar-refractivity contribution in [2.75, 3.05) is 20.3 Å². The van der Waals surface area contributed by atoms with Crippen LogP contribution in [0.15, 0.2) is 22.8 Å². The summed E-state index contributed by atoms with van der Waals surface area (Å²) in [6, 6.07) is 4.82. The molecule has 0 unspecified atom stereocenters. The molecule has 0 radical (unpaired) electrons. The van der Waals surface area contributed by atoms with Gasteiger partial charge in [-0.15, -0.1) is 0 Å². The number of hydrogen-bond donors (Lipinski definition) is 1. The van der Waals surface area contributed by atoms with E-state index in [4.69, 9.17) is 9.15 Å². The zero-order chi connectivity index (χ0) is 11.7. The molecule has 1 saturated heterocycles. The molecule has 3 nitrogen and oxygen atoms in total. The SMILES string of the molecule is CNC1CCC(C2(c3ccco3)COC2)CC1. The first kappa shape index (κ1) is 11.3. The van der Waals surface area contributed by atoms with Crippen molar-refractivity contribution >= 4 is 0 Å². The Morgan fingerprint density at radius 1 is 1.24 bits per heavy atom. The molecule has 0 spiro atoms. The first-order chi connectivity index (χ1) is 8.35. The fourth-order valence-electron chi connectivity index (χ4n) is 3.40. The Morgan fingerprint density at radius 3 is 2.47 bits per heavy atom. The molecule has 3 heteroatoms. The average molecular weight is 235 g/mol. The molecule has 0 aromatic carbocycles. The number of furan rings is 1. The predicted molar refractivity (Wildman–Crippen MR) is 66.0 cm³/mol. The Kier molecular flexibility index (Phi) is 2.97. The van der Waals surface area contributed by atoms with Crippen molar-refractivity contribution in [1.82, 2.24) is 5.32 Å². The van der Waals surface area contributed by atoms with Gasteiger partial charge in [0.05, 0.1) is 24.9 Å². The molecule has 1 N–H and O–H groups in total. The van der Waals surface area contributed by atoms with Crippen LogP contribution in [-0.4, -0.2) is 26.3 Å². The van der Waals surface area contributed by atoms with Crippen LogP contribution in [0.4, 0.5) is 0 Å². The van der Waals surface area contributed by atoms with Gasteiger partial charge in [-0.1, -0.05) is 0 Å². The molecule has 2 aliphatic rings. The van der Waals surface area contributed by atoms with Gasteiger partial charge in [-0.3, -0.25) is 0 Å². The van der Waals surface area contributed by atoms with Crippen LogP contribution in [0.3, 0.4) is 0 Å². The molecule has 0 bridgehead atoms. The van der Waals surface area contributed by atoms with Crippen molar-refractivity contribution in [2.24, 2.45) is 5.92 Å². The van der Waals surface area contributed by atoms with Crippen LogP contribution in [0.25, 0.3) is 0 Å². The van der Waals surface area contributed by atoms with Crippen LogP contribution in [0.5, 0.6) is 0 Å². The Balaban J connectivity index is 1.74. The molecule has 94 valence electrons. The zero-order valence-electron chi connectivity index (χ0n) is 10.4. The Morgan fingerprint density at radius 2 is 2.00 bits per heavy atom. The lowest BCUT2D eigenvalue weighted by Gasteiger charge is -2.48. The molecular weight excluding hydrogens is 214 g/mol. The minimum atomic E-state index is 0.183. The van der Waals surface area contributed by atoms with Crippen LogP contribution >= 0.6 is 0 Å². The summed E-state index contributed by atoms with van der Waals surface area (Å²) in [7, 11) is 2.07. The Hall–Kier alpha value is -0.800. The molecule has 1 aliphatic heterocycles. The topological polar surface area (TPSA) is 34.4 Å². The van der Waals surface area contributed by atoms with E-state index in [1.165, 1.54) is 25.7 Å². The lowest BCUT2D eigenvalue weighted by atomic mass is 9.65. The van der Waals surface area contributed by atoms with Crippen molar-refractivity contribution in [1.29, 1.82) is 0 Å². The molecule has 3 rings (SSSR count). The van der Waals surface area contributed by atoms with E-state index < -0.39 is 0 Å². The van der Waals surface area contributed by atoms with Gasteiger partial charge in [0.25, 0.3) is 0 Å². The maximum absolute atomic E-state index is 5.65. The van der Waals surface area contributed by atoms with Crippen LogP contribution in [0.1, 0.15) is 31.4 Å². The molecule has 2 heterocycles. The summed E-state index contributed by atoms with van der Waals surface area (Å²) in [5, 5.41) is 3.39. The highest BCUT2D eigenvalue weighted by molar-refractivity contribution is 5.20. The maximum atomic E-state index is 5.65. The predicted octanol–water partition coefficient (Wildman–Crippen LogP) is 2.33. The summed E-state index contributed by atoms with van der Waals surface area (Å²) >= 11 is 0. The zero-order valence-corrected chi connectivity index (χ0v) is 10.4. The van der Waals surface area contributed by atoms with E-state index in [2.05, 4.69) is 18.4 Å². The first-order valence-electron chi connectivity index (χ1n) is 6.64. The largest absolute Gasteiger partial charge is 0.469 e. The molecule has 1 aliphatic carbocycles. The number of hydrogen-bond acceptors (Lipinski definition) is 3. The highest BCUT2D eigenvalue weighted by atomic mass is 16.5. The molecule has 0 amide bonds. The first-order valence-corrected chi connectivity index (χ1v) is 6.64. The van der Waals surface area contributed by atoms with Gasteiger partial charge in [0, 0.05) is 6.04 Å². The molecule has 1 aromatic rings. The fraction of sp³-hybridized carbons (Fsp3) is 0.714. The second-order valence-corrected chi connectivity index (χ2v) is 5.46. The molecule has 1 aromatic heterocycles. The quantitative estimate of drug-likeness (QED) is 0.873. The van der Waals surface area contributed by atoms with Gasteiger partial charge in [-0.2, -0.15) is 0 Å². The normalized spacial score (nSPS) is 32.1. The van der Waals surface area contributed by atoms with Crippen molar-refractivity contribution in [3.63, 3.8) is 0 Å². The van der Waals surface area contributed by atoms with E-state index in [0.717, 1.165) is 24.9 Å².